The van der Waals surface area contributed by atoms with Crippen molar-refractivity contribution in [3.63, 3.8) is 0 Å². The third-order valence-electron chi connectivity index (χ3n) is 2.56. The molecule has 6 nitrogen and oxygen atoms in total. The van der Waals surface area contributed by atoms with Gasteiger partial charge in [0.25, 0.3) is 0 Å². The molecule has 1 aromatic heterocycles. The highest BCUT2D eigenvalue weighted by atomic mass is 32.2. The lowest BCUT2D eigenvalue weighted by atomic mass is 10.4. The average molecular weight is 297 g/mol. The number of aromatic nitrogens is 1. The molecule has 0 amide bonds. The van der Waals surface area contributed by atoms with E-state index in [0.717, 1.165) is 12.8 Å². The maximum absolute atomic E-state index is 11.9. The van der Waals surface area contributed by atoms with Crippen molar-refractivity contribution in [1.29, 1.82) is 5.26 Å². The first-order chi connectivity index (χ1) is 9.60. The standard InChI is InChI=1S/C13H19N3O3S/c1-2-3-8-19-9-4-7-16-20(17,18)13-6-5-12(10-14)15-11-13/h5-6,11,16H,2-4,7-9H2,1H3. The topological polar surface area (TPSA) is 92.1 Å². The molecule has 1 heterocycles. The summed E-state index contributed by atoms with van der Waals surface area (Å²) in [5, 5.41) is 8.60. The molecule has 1 aromatic rings. The zero-order valence-corrected chi connectivity index (χ0v) is 12.3. The van der Waals surface area contributed by atoms with E-state index in [-0.39, 0.29) is 10.6 Å². The zero-order chi connectivity index (χ0) is 14.8. The summed E-state index contributed by atoms with van der Waals surface area (Å²) in [6, 6.07) is 4.58. The minimum absolute atomic E-state index is 0.0587. The van der Waals surface area contributed by atoms with Gasteiger partial charge in [-0.1, -0.05) is 13.3 Å². The monoisotopic (exact) mass is 297 g/mol. The fraction of sp³-hybridized carbons (Fsp3) is 0.538. The lowest BCUT2D eigenvalue weighted by Gasteiger charge is -2.07. The summed E-state index contributed by atoms with van der Waals surface area (Å²) in [7, 11) is -3.56. The summed E-state index contributed by atoms with van der Waals surface area (Å²) in [6.07, 6.45) is 3.90. The van der Waals surface area contributed by atoms with Gasteiger partial charge in [-0.05, 0) is 25.0 Å². The largest absolute Gasteiger partial charge is 0.381 e. The number of sulfonamides is 1. The first-order valence-corrected chi connectivity index (χ1v) is 8.02. The fourth-order valence-corrected chi connectivity index (χ4v) is 2.44. The molecule has 0 aliphatic rings. The average Bonchev–Trinajstić information content (AvgIpc) is 2.46. The number of pyridine rings is 1. The number of nitrogens with one attached hydrogen (secondary N) is 1. The van der Waals surface area contributed by atoms with Crippen LogP contribution in [0.2, 0.25) is 0 Å². The van der Waals surface area contributed by atoms with E-state index in [1.54, 1.807) is 0 Å². The molecule has 0 radical (unpaired) electrons. The van der Waals surface area contributed by atoms with Crippen LogP contribution in [0.1, 0.15) is 31.9 Å². The van der Waals surface area contributed by atoms with Crippen molar-refractivity contribution in [2.24, 2.45) is 0 Å². The molecule has 0 saturated heterocycles. The molecule has 0 aromatic carbocycles. The summed E-state index contributed by atoms with van der Waals surface area (Å²) in [5.74, 6) is 0. The van der Waals surface area contributed by atoms with E-state index in [1.807, 2.05) is 6.07 Å². The van der Waals surface area contributed by atoms with Crippen LogP contribution in [0, 0.1) is 11.3 Å². The van der Waals surface area contributed by atoms with Crippen LogP contribution in [0.5, 0.6) is 0 Å². The molecule has 0 bridgehead atoms. The van der Waals surface area contributed by atoms with Gasteiger partial charge in [0.15, 0.2) is 0 Å². The lowest BCUT2D eigenvalue weighted by Crippen LogP contribution is -2.25. The Hall–Kier alpha value is -1.49. The molecule has 7 heteroatoms. The smallest absolute Gasteiger partial charge is 0.242 e. The van der Waals surface area contributed by atoms with Gasteiger partial charge in [-0.2, -0.15) is 5.26 Å². The van der Waals surface area contributed by atoms with Crippen molar-refractivity contribution in [2.75, 3.05) is 19.8 Å². The molecule has 1 N–H and O–H groups in total. The summed E-state index contributed by atoms with van der Waals surface area (Å²) in [6.45, 7) is 3.65. The number of unbranched alkanes of at least 4 members (excludes halogenated alkanes) is 1. The minimum atomic E-state index is -3.56. The number of nitriles is 1. The van der Waals surface area contributed by atoms with Crippen molar-refractivity contribution in [3.05, 3.63) is 24.0 Å². The first-order valence-electron chi connectivity index (χ1n) is 6.53. The molecule has 0 unspecified atom stereocenters. The molecule has 0 fully saturated rings. The first kappa shape index (κ1) is 16.6. The van der Waals surface area contributed by atoms with Crippen molar-refractivity contribution >= 4 is 10.0 Å². The minimum Gasteiger partial charge on any atom is -0.381 e. The second-order valence-corrected chi connectivity index (χ2v) is 5.98. The zero-order valence-electron chi connectivity index (χ0n) is 11.5. The summed E-state index contributed by atoms with van der Waals surface area (Å²) < 4.78 is 31.6. The van der Waals surface area contributed by atoms with Crippen molar-refractivity contribution in [2.45, 2.75) is 31.1 Å². The highest BCUT2D eigenvalue weighted by Crippen LogP contribution is 2.07. The third-order valence-corrected chi connectivity index (χ3v) is 4.01. The summed E-state index contributed by atoms with van der Waals surface area (Å²) in [5.41, 5.74) is 0.188. The molecule has 0 aliphatic heterocycles. The normalized spacial score (nSPS) is 11.2. The van der Waals surface area contributed by atoms with Gasteiger partial charge < -0.3 is 4.74 Å². The molecule has 0 spiro atoms. The Labute approximate surface area is 119 Å². The molecular weight excluding hydrogens is 278 g/mol. The predicted molar refractivity (Wildman–Crippen MR) is 74.5 cm³/mol. The van der Waals surface area contributed by atoms with E-state index in [1.165, 1.54) is 18.3 Å². The Balaban J connectivity index is 2.36. The van der Waals surface area contributed by atoms with E-state index in [4.69, 9.17) is 10.00 Å². The van der Waals surface area contributed by atoms with Gasteiger partial charge in [0.1, 0.15) is 16.7 Å². The van der Waals surface area contributed by atoms with Gasteiger partial charge in [-0.3, -0.25) is 0 Å². The Morgan fingerprint density at radius 3 is 2.70 bits per heavy atom. The fourth-order valence-electron chi connectivity index (χ4n) is 1.42. The SMILES string of the molecule is CCCCOCCCNS(=O)(=O)c1ccc(C#N)nc1. The van der Waals surface area contributed by atoms with Gasteiger partial charge >= 0.3 is 0 Å². The van der Waals surface area contributed by atoms with Crippen molar-refractivity contribution in [3.8, 4) is 6.07 Å². The summed E-state index contributed by atoms with van der Waals surface area (Å²) >= 11 is 0. The van der Waals surface area contributed by atoms with Gasteiger partial charge in [-0.25, -0.2) is 18.1 Å². The van der Waals surface area contributed by atoms with Gasteiger partial charge in [-0.15, -0.1) is 0 Å². The van der Waals surface area contributed by atoms with E-state index in [9.17, 15) is 8.42 Å². The maximum atomic E-state index is 11.9. The van der Waals surface area contributed by atoms with Gasteiger partial charge in [0, 0.05) is 26.0 Å². The van der Waals surface area contributed by atoms with Crippen molar-refractivity contribution < 1.29 is 13.2 Å². The van der Waals surface area contributed by atoms with Crippen LogP contribution in [-0.4, -0.2) is 33.2 Å². The maximum Gasteiger partial charge on any atom is 0.242 e. The Kier molecular flexibility index (Phi) is 7.15. The quantitative estimate of drug-likeness (QED) is 0.696. The van der Waals surface area contributed by atoms with Crippen LogP contribution < -0.4 is 4.72 Å². The Morgan fingerprint density at radius 2 is 2.10 bits per heavy atom. The number of ether oxygens (including phenoxy) is 1. The highest BCUT2D eigenvalue weighted by Gasteiger charge is 2.13. The van der Waals surface area contributed by atoms with Crippen molar-refractivity contribution in [1.82, 2.24) is 9.71 Å². The van der Waals surface area contributed by atoms with E-state index in [2.05, 4.69) is 16.6 Å². The Morgan fingerprint density at radius 1 is 1.35 bits per heavy atom. The van der Waals surface area contributed by atoms with Crippen LogP contribution in [-0.2, 0) is 14.8 Å². The van der Waals surface area contributed by atoms with E-state index >= 15 is 0 Å². The van der Waals surface area contributed by atoms with Crippen LogP contribution in [0.3, 0.4) is 0 Å². The van der Waals surface area contributed by atoms with Crippen LogP contribution in [0.4, 0.5) is 0 Å². The molecule has 1 rings (SSSR count). The molecule has 0 saturated carbocycles. The van der Waals surface area contributed by atoms with Crippen LogP contribution in [0.15, 0.2) is 23.2 Å². The molecule has 0 aliphatic carbocycles. The third kappa shape index (κ3) is 5.65. The summed E-state index contributed by atoms with van der Waals surface area (Å²) in [4.78, 5) is 3.80. The number of nitrogens with zero attached hydrogens (tertiary/aromatic N) is 2. The second-order valence-electron chi connectivity index (χ2n) is 4.21. The highest BCUT2D eigenvalue weighted by molar-refractivity contribution is 7.89. The molecule has 0 atom stereocenters. The van der Waals surface area contributed by atoms with Crippen LogP contribution >= 0.6 is 0 Å². The number of hydrogen-bond acceptors (Lipinski definition) is 5. The van der Waals surface area contributed by atoms with E-state index in [0.29, 0.717) is 26.2 Å². The molecule has 20 heavy (non-hydrogen) atoms. The molecule has 110 valence electrons. The molecular formula is C13H19N3O3S. The van der Waals surface area contributed by atoms with Gasteiger partial charge in [0.2, 0.25) is 10.0 Å². The Bertz CT molecular complexity index is 535. The van der Waals surface area contributed by atoms with Crippen LogP contribution in [0.25, 0.3) is 0 Å². The predicted octanol–water partition coefficient (Wildman–Crippen LogP) is 1.44. The number of rotatable bonds is 9. The lowest BCUT2D eigenvalue weighted by molar-refractivity contribution is 0.130. The van der Waals surface area contributed by atoms with E-state index < -0.39 is 10.0 Å². The second kappa shape index (κ2) is 8.64. The van der Waals surface area contributed by atoms with Gasteiger partial charge in [0.05, 0.1) is 0 Å². The number of hydrogen-bond donors (Lipinski definition) is 1.